The Bertz CT molecular complexity index is 519. The van der Waals surface area contributed by atoms with Crippen LogP contribution in [-0.2, 0) is 10.0 Å². The molecule has 1 aliphatic rings. The van der Waals surface area contributed by atoms with Crippen molar-refractivity contribution in [3.05, 3.63) is 17.0 Å². The molecule has 108 valence electrons. The number of alkyl halides is 1. The molecule has 1 fully saturated rings. The topological polar surface area (TPSA) is 46.2 Å². The average molecular weight is 322 g/mol. The second-order valence-electron chi connectivity index (χ2n) is 5.38. The Hall–Kier alpha value is -0.100. The Morgan fingerprint density at radius 2 is 2.00 bits per heavy atom. The van der Waals surface area contributed by atoms with Crippen LogP contribution in [0.5, 0.6) is 0 Å². The van der Waals surface area contributed by atoms with Crippen molar-refractivity contribution >= 4 is 33.0 Å². The summed E-state index contributed by atoms with van der Waals surface area (Å²) in [6.07, 6.45) is 5.56. The van der Waals surface area contributed by atoms with Crippen LogP contribution in [0, 0.1) is 12.3 Å². The molecule has 0 bridgehead atoms. The van der Waals surface area contributed by atoms with Crippen molar-refractivity contribution in [2.75, 3.05) is 12.4 Å². The second kappa shape index (κ2) is 6.12. The van der Waals surface area contributed by atoms with Crippen molar-refractivity contribution in [3.8, 4) is 0 Å². The molecule has 1 aromatic rings. The van der Waals surface area contributed by atoms with Crippen molar-refractivity contribution in [1.29, 1.82) is 0 Å². The minimum Gasteiger partial charge on any atom is -0.210 e. The molecular weight excluding hydrogens is 302 g/mol. The van der Waals surface area contributed by atoms with E-state index >= 15 is 0 Å². The van der Waals surface area contributed by atoms with Gasteiger partial charge in [-0.1, -0.05) is 19.3 Å². The summed E-state index contributed by atoms with van der Waals surface area (Å²) < 4.78 is 27.5. The number of thiophene rings is 1. The van der Waals surface area contributed by atoms with E-state index in [2.05, 4.69) is 4.72 Å². The maximum atomic E-state index is 12.2. The van der Waals surface area contributed by atoms with Crippen molar-refractivity contribution in [3.63, 3.8) is 0 Å². The number of nitrogens with one attached hydrogen (secondary N) is 1. The van der Waals surface area contributed by atoms with E-state index in [-0.39, 0.29) is 5.41 Å². The number of hydrogen-bond acceptors (Lipinski definition) is 3. The summed E-state index contributed by atoms with van der Waals surface area (Å²) in [5.74, 6) is 0.527. The van der Waals surface area contributed by atoms with Crippen LogP contribution in [0.25, 0.3) is 0 Å². The molecule has 0 unspecified atom stereocenters. The fraction of sp³-hybridized carbons (Fsp3) is 0.692. The number of aryl methyl sites for hydroxylation is 1. The first-order valence-corrected chi connectivity index (χ1v) is 9.43. The molecule has 2 rings (SSSR count). The van der Waals surface area contributed by atoms with Gasteiger partial charge in [0.15, 0.2) is 0 Å². The third-order valence-electron chi connectivity index (χ3n) is 3.82. The van der Waals surface area contributed by atoms with Crippen molar-refractivity contribution in [2.45, 2.75) is 43.2 Å². The zero-order valence-corrected chi connectivity index (χ0v) is 13.5. The molecule has 1 N–H and O–H groups in total. The van der Waals surface area contributed by atoms with Crippen LogP contribution in [0.2, 0.25) is 0 Å². The van der Waals surface area contributed by atoms with Gasteiger partial charge in [0, 0.05) is 17.3 Å². The first kappa shape index (κ1) is 15.3. The Morgan fingerprint density at radius 1 is 1.32 bits per heavy atom. The van der Waals surface area contributed by atoms with Gasteiger partial charge in [-0.25, -0.2) is 13.1 Å². The van der Waals surface area contributed by atoms with E-state index in [0.717, 1.165) is 30.6 Å². The molecule has 3 nitrogen and oxygen atoms in total. The predicted octanol–water partition coefficient (Wildman–Crippen LogP) is 3.52. The quantitative estimate of drug-likeness (QED) is 0.843. The Labute approximate surface area is 124 Å². The normalized spacial score (nSPS) is 19.5. The van der Waals surface area contributed by atoms with E-state index in [1.54, 1.807) is 6.07 Å². The molecule has 1 saturated carbocycles. The molecule has 1 aromatic heterocycles. The zero-order chi connectivity index (χ0) is 13.9. The maximum Gasteiger partial charge on any atom is 0.250 e. The summed E-state index contributed by atoms with van der Waals surface area (Å²) in [6, 6.07) is 3.49. The van der Waals surface area contributed by atoms with E-state index in [4.69, 9.17) is 11.6 Å². The van der Waals surface area contributed by atoms with Gasteiger partial charge < -0.3 is 0 Å². The Kier molecular flexibility index (Phi) is 4.93. The standard InChI is InChI=1S/C13H20ClNO2S2/c1-11-5-6-12(18-11)19(16,17)15-10-13(9-14)7-3-2-4-8-13/h5-6,15H,2-4,7-10H2,1H3. The SMILES string of the molecule is Cc1ccc(S(=O)(=O)NCC2(CCl)CCCCC2)s1. The number of rotatable bonds is 5. The number of hydrogen-bond donors (Lipinski definition) is 1. The molecule has 1 heterocycles. The molecule has 6 heteroatoms. The fourth-order valence-electron chi connectivity index (χ4n) is 2.54. The van der Waals surface area contributed by atoms with E-state index in [1.807, 2.05) is 13.0 Å². The average Bonchev–Trinajstić information content (AvgIpc) is 2.85. The smallest absolute Gasteiger partial charge is 0.210 e. The molecule has 0 spiro atoms. The van der Waals surface area contributed by atoms with Gasteiger partial charge in [-0.15, -0.1) is 22.9 Å². The molecule has 0 radical (unpaired) electrons. The van der Waals surface area contributed by atoms with Crippen LogP contribution in [0.4, 0.5) is 0 Å². The molecular formula is C13H20ClNO2S2. The highest BCUT2D eigenvalue weighted by Crippen LogP contribution is 2.37. The van der Waals surface area contributed by atoms with Crippen LogP contribution in [-0.4, -0.2) is 20.8 Å². The molecule has 19 heavy (non-hydrogen) atoms. The monoisotopic (exact) mass is 321 g/mol. The van der Waals surface area contributed by atoms with Crippen LogP contribution < -0.4 is 4.72 Å². The van der Waals surface area contributed by atoms with Gasteiger partial charge in [-0.2, -0.15) is 0 Å². The molecule has 0 amide bonds. The summed E-state index contributed by atoms with van der Waals surface area (Å²) in [5.41, 5.74) is -0.0564. The number of halogens is 1. The second-order valence-corrected chi connectivity index (χ2v) is 8.93. The summed E-state index contributed by atoms with van der Waals surface area (Å²) in [4.78, 5) is 1.00. The van der Waals surface area contributed by atoms with Crippen LogP contribution in [0.1, 0.15) is 37.0 Å². The summed E-state index contributed by atoms with van der Waals surface area (Å²) in [6.45, 7) is 2.36. The Morgan fingerprint density at radius 3 is 2.53 bits per heavy atom. The molecule has 0 saturated heterocycles. The van der Waals surface area contributed by atoms with Gasteiger partial charge in [-0.05, 0) is 37.3 Å². The highest BCUT2D eigenvalue weighted by atomic mass is 35.5. The van der Waals surface area contributed by atoms with Crippen molar-refractivity contribution in [1.82, 2.24) is 4.72 Å². The van der Waals surface area contributed by atoms with Crippen LogP contribution in [0.15, 0.2) is 16.3 Å². The lowest BCUT2D eigenvalue weighted by atomic mass is 9.76. The van der Waals surface area contributed by atoms with Gasteiger partial charge in [0.1, 0.15) is 4.21 Å². The highest BCUT2D eigenvalue weighted by Gasteiger charge is 2.32. The predicted molar refractivity (Wildman–Crippen MR) is 80.5 cm³/mol. The summed E-state index contributed by atoms with van der Waals surface area (Å²) in [5, 5.41) is 0. The van der Waals surface area contributed by atoms with Crippen LogP contribution in [0.3, 0.4) is 0 Å². The molecule has 0 aromatic carbocycles. The molecule has 0 atom stereocenters. The lowest BCUT2D eigenvalue weighted by Crippen LogP contribution is -2.40. The lowest BCUT2D eigenvalue weighted by molar-refractivity contribution is 0.224. The first-order valence-electron chi connectivity index (χ1n) is 6.60. The fourth-order valence-corrected chi connectivity index (χ4v) is 5.38. The van der Waals surface area contributed by atoms with Crippen LogP contribution >= 0.6 is 22.9 Å². The van der Waals surface area contributed by atoms with Gasteiger partial charge in [-0.3, -0.25) is 0 Å². The lowest BCUT2D eigenvalue weighted by Gasteiger charge is -2.35. The largest absolute Gasteiger partial charge is 0.250 e. The zero-order valence-electron chi connectivity index (χ0n) is 11.1. The minimum atomic E-state index is -3.38. The third-order valence-corrected chi connectivity index (χ3v) is 7.28. The highest BCUT2D eigenvalue weighted by molar-refractivity contribution is 7.91. The third kappa shape index (κ3) is 3.72. The van der Waals surface area contributed by atoms with E-state index in [0.29, 0.717) is 16.6 Å². The van der Waals surface area contributed by atoms with Crippen molar-refractivity contribution in [2.24, 2.45) is 5.41 Å². The van der Waals surface area contributed by atoms with E-state index in [1.165, 1.54) is 17.8 Å². The molecule has 0 aliphatic heterocycles. The molecule has 1 aliphatic carbocycles. The van der Waals surface area contributed by atoms with Gasteiger partial charge >= 0.3 is 0 Å². The first-order chi connectivity index (χ1) is 8.97. The van der Waals surface area contributed by atoms with Gasteiger partial charge in [0.25, 0.3) is 0 Å². The summed E-state index contributed by atoms with van der Waals surface area (Å²) in [7, 11) is -3.38. The van der Waals surface area contributed by atoms with Crippen molar-refractivity contribution < 1.29 is 8.42 Å². The van der Waals surface area contributed by atoms with Gasteiger partial charge in [0.2, 0.25) is 10.0 Å². The summed E-state index contributed by atoms with van der Waals surface area (Å²) >= 11 is 7.39. The maximum absolute atomic E-state index is 12.2. The van der Waals surface area contributed by atoms with E-state index < -0.39 is 10.0 Å². The number of sulfonamides is 1. The van der Waals surface area contributed by atoms with E-state index in [9.17, 15) is 8.42 Å². The van der Waals surface area contributed by atoms with Gasteiger partial charge in [0.05, 0.1) is 0 Å². The Balaban J connectivity index is 2.04. The minimum absolute atomic E-state index is 0.0564.